The molecule has 2 aromatic rings. The Kier molecular flexibility index (Phi) is 4.61. The third-order valence-electron chi connectivity index (χ3n) is 5.38. The van der Waals surface area contributed by atoms with Gasteiger partial charge in [0.1, 0.15) is 0 Å². The maximum absolute atomic E-state index is 13.1. The summed E-state index contributed by atoms with van der Waals surface area (Å²) >= 11 is 0. The van der Waals surface area contributed by atoms with Crippen LogP contribution in [0.5, 0.6) is 0 Å². The Hall–Kier alpha value is -2.81. The minimum absolute atomic E-state index is 0.0265. The van der Waals surface area contributed by atoms with Crippen molar-refractivity contribution in [2.24, 2.45) is 18.7 Å². The number of aromatic nitrogens is 4. The standard InChI is InChI=1S/C18H22N6O3/c1-23-21-17(20-22-23)11-2-4-12(5-3-11)18(26)24-8-9-27-15-7-6-13(16(19)25)10-14(15)24/h2-5,13-15H,6-10H2,1H3,(H2,19,25)/t13-,14+,15+/m0/s1. The number of carbonyl (C=O) groups is 2. The van der Waals surface area contributed by atoms with E-state index in [9.17, 15) is 9.59 Å². The molecule has 1 saturated heterocycles. The molecule has 2 N–H and O–H groups in total. The first-order chi connectivity index (χ1) is 13.0. The predicted octanol–water partition coefficient (Wildman–Crippen LogP) is 0.372. The van der Waals surface area contributed by atoms with Gasteiger partial charge in [-0.15, -0.1) is 10.2 Å². The van der Waals surface area contributed by atoms with Crippen LogP contribution in [-0.2, 0) is 16.6 Å². The van der Waals surface area contributed by atoms with Gasteiger partial charge < -0.3 is 15.4 Å². The fraction of sp³-hybridized carbons (Fsp3) is 0.500. The van der Waals surface area contributed by atoms with Gasteiger partial charge in [-0.05, 0) is 36.6 Å². The lowest BCUT2D eigenvalue weighted by atomic mass is 9.81. The Morgan fingerprint density at radius 3 is 2.67 bits per heavy atom. The van der Waals surface area contributed by atoms with Gasteiger partial charge in [0, 0.05) is 23.6 Å². The number of hydrogen-bond acceptors (Lipinski definition) is 6. The maximum Gasteiger partial charge on any atom is 0.254 e. The number of primary amides is 1. The van der Waals surface area contributed by atoms with Crippen molar-refractivity contribution in [2.75, 3.05) is 13.2 Å². The van der Waals surface area contributed by atoms with Crippen LogP contribution in [0.4, 0.5) is 0 Å². The molecule has 2 aliphatic rings. The first kappa shape index (κ1) is 17.6. The first-order valence-electron chi connectivity index (χ1n) is 9.09. The average molecular weight is 370 g/mol. The number of rotatable bonds is 3. The Labute approximate surface area is 156 Å². The SMILES string of the molecule is Cn1nnc(-c2ccc(C(=O)N3CCO[C@@H]4CC[C@H](C(N)=O)C[C@H]43)cc2)n1. The van der Waals surface area contributed by atoms with Gasteiger partial charge in [-0.3, -0.25) is 9.59 Å². The molecule has 1 aliphatic carbocycles. The van der Waals surface area contributed by atoms with Crippen LogP contribution in [0.2, 0.25) is 0 Å². The van der Waals surface area contributed by atoms with E-state index in [0.29, 0.717) is 31.0 Å². The molecule has 9 heteroatoms. The van der Waals surface area contributed by atoms with Gasteiger partial charge in [-0.2, -0.15) is 4.80 Å². The molecule has 1 saturated carbocycles. The van der Waals surface area contributed by atoms with Crippen LogP contribution in [-0.4, -0.2) is 62.2 Å². The average Bonchev–Trinajstić information content (AvgIpc) is 3.13. The highest BCUT2D eigenvalue weighted by molar-refractivity contribution is 5.95. The summed E-state index contributed by atoms with van der Waals surface area (Å²) in [6.45, 7) is 1.02. The highest BCUT2D eigenvalue weighted by Gasteiger charge is 2.41. The number of aryl methyl sites for hydroxylation is 1. The predicted molar refractivity (Wildman–Crippen MR) is 95.3 cm³/mol. The van der Waals surface area contributed by atoms with Crippen LogP contribution >= 0.6 is 0 Å². The molecule has 1 aromatic heterocycles. The molecule has 0 radical (unpaired) electrons. The number of fused-ring (bicyclic) bond motifs is 1. The molecular formula is C18H22N6O3. The maximum atomic E-state index is 13.1. The normalized spacial score (nSPS) is 25.1. The lowest BCUT2D eigenvalue weighted by molar-refractivity contribution is -0.128. The summed E-state index contributed by atoms with van der Waals surface area (Å²) in [5, 5.41) is 12.0. The van der Waals surface area contributed by atoms with Gasteiger partial charge in [-0.25, -0.2) is 0 Å². The van der Waals surface area contributed by atoms with E-state index in [2.05, 4.69) is 15.4 Å². The highest BCUT2D eigenvalue weighted by atomic mass is 16.5. The van der Waals surface area contributed by atoms with Gasteiger partial charge in [0.25, 0.3) is 5.91 Å². The number of hydrogen-bond donors (Lipinski definition) is 1. The second-order valence-electron chi connectivity index (χ2n) is 7.07. The minimum atomic E-state index is -0.299. The van der Waals surface area contributed by atoms with Crippen LogP contribution in [0.25, 0.3) is 11.4 Å². The minimum Gasteiger partial charge on any atom is -0.374 e. The Balaban J connectivity index is 1.53. The van der Waals surface area contributed by atoms with Crippen LogP contribution < -0.4 is 5.73 Å². The quantitative estimate of drug-likeness (QED) is 0.834. The molecule has 27 heavy (non-hydrogen) atoms. The van der Waals surface area contributed by atoms with Crippen LogP contribution in [0.1, 0.15) is 29.6 Å². The summed E-state index contributed by atoms with van der Waals surface area (Å²) < 4.78 is 5.83. The fourth-order valence-corrected chi connectivity index (χ4v) is 3.95. The molecule has 2 fully saturated rings. The van der Waals surface area contributed by atoms with Crippen molar-refractivity contribution >= 4 is 11.8 Å². The van der Waals surface area contributed by atoms with Gasteiger partial charge in [0.15, 0.2) is 0 Å². The molecule has 2 amide bonds. The smallest absolute Gasteiger partial charge is 0.254 e. The molecule has 142 valence electrons. The third-order valence-corrected chi connectivity index (χ3v) is 5.38. The van der Waals surface area contributed by atoms with Crippen molar-refractivity contribution in [1.82, 2.24) is 25.1 Å². The number of ether oxygens (including phenoxy) is 1. The number of benzene rings is 1. The van der Waals surface area contributed by atoms with E-state index in [4.69, 9.17) is 10.5 Å². The Morgan fingerprint density at radius 2 is 2.00 bits per heavy atom. The van der Waals surface area contributed by atoms with E-state index < -0.39 is 0 Å². The molecule has 9 nitrogen and oxygen atoms in total. The second-order valence-corrected chi connectivity index (χ2v) is 7.07. The molecule has 3 atom stereocenters. The van der Waals surface area contributed by atoms with Crippen LogP contribution in [0.3, 0.4) is 0 Å². The zero-order valence-electron chi connectivity index (χ0n) is 15.1. The van der Waals surface area contributed by atoms with Crippen molar-refractivity contribution in [3.8, 4) is 11.4 Å². The molecule has 0 spiro atoms. The number of nitrogens with two attached hydrogens (primary N) is 1. The summed E-state index contributed by atoms with van der Waals surface area (Å²) in [4.78, 5) is 27.9. The molecule has 1 aromatic carbocycles. The molecule has 0 bridgehead atoms. The van der Waals surface area contributed by atoms with Crippen molar-refractivity contribution in [3.05, 3.63) is 29.8 Å². The van der Waals surface area contributed by atoms with Gasteiger partial charge >= 0.3 is 0 Å². The lowest BCUT2D eigenvalue weighted by Gasteiger charge is -2.45. The summed E-state index contributed by atoms with van der Waals surface area (Å²) in [6.07, 6.45) is 2.01. The molecular weight excluding hydrogens is 348 g/mol. The summed E-state index contributed by atoms with van der Waals surface area (Å²) in [6, 6.07) is 7.06. The van der Waals surface area contributed by atoms with Crippen LogP contribution in [0, 0.1) is 5.92 Å². The zero-order chi connectivity index (χ0) is 19.0. The molecule has 2 heterocycles. The Bertz CT molecular complexity index is 849. The van der Waals surface area contributed by atoms with Gasteiger partial charge in [-0.1, -0.05) is 12.1 Å². The van der Waals surface area contributed by atoms with Gasteiger partial charge in [0.2, 0.25) is 11.7 Å². The van der Waals surface area contributed by atoms with Crippen molar-refractivity contribution in [3.63, 3.8) is 0 Å². The third kappa shape index (κ3) is 3.42. The molecule has 0 unspecified atom stereocenters. The van der Waals surface area contributed by atoms with Gasteiger partial charge in [0.05, 0.1) is 25.8 Å². The second kappa shape index (κ2) is 7.07. The number of nitrogens with zero attached hydrogens (tertiary/aromatic N) is 5. The number of carbonyl (C=O) groups excluding carboxylic acids is 2. The largest absolute Gasteiger partial charge is 0.374 e. The molecule has 4 rings (SSSR count). The topological polar surface area (TPSA) is 116 Å². The lowest BCUT2D eigenvalue weighted by Crippen LogP contribution is -2.57. The van der Waals surface area contributed by atoms with E-state index in [0.717, 1.165) is 18.4 Å². The number of tetrazole rings is 1. The van der Waals surface area contributed by atoms with Crippen molar-refractivity contribution in [1.29, 1.82) is 0 Å². The van der Waals surface area contributed by atoms with Crippen molar-refractivity contribution in [2.45, 2.75) is 31.4 Å². The van der Waals surface area contributed by atoms with E-state index >= 15 is 0 Å². The molecule has 1 aliphatic heterocycles. The van der Waals surface area contributed by atoms with E-state index in [-0.39, 0.29) is 29.9 Å². The highest BCUT2D eigenvalue weighted by Crippen LogP contribution is 2.33. The first-order valence-corrected chi connectivity index (χ1v) is 9.09. The number of amides is 2. The summed E-state index contributed by atoms with van der Waals surface area (Å²) in [5.41, 5.74) is 6.88. The zero-order valence-corrected chi connectivity index (χ0v) is 15.1. The number of morpholine rings is 1. The van der Waals surface area contributed by atoms with E-state index in [1.165, 1.54) is 4.80 Å². The Morgan fingerprint density at radius 1 is 1.22 bits per heavy atom. The van der Waals surface area contributed by atoms with Crippen LogP contribution in [0.15, 0.2) is 24.3 Å². The van der Waals surface area contributed by atoms with E-state index in [1.54, 1.807) is 19.2 Å². The summed E-state index contributed by atoms with van der Waals surface area (Å²) in [5.74, 6) is -0.0443. The van der Waals surface area contributed by atoms with Crippen molar-refractivity contribution < 1.29 is 14.3 Å². The summed E-state index contributed by atoms with van der Waals surface area (Å²) in [7, 11) is 1.70. The monoisotopic (exact) mass is 370 g/mol. The van der Waals surface area contributed by atoms with E-state index in [1.807, 2.05) is 17.0 Å². The fourth-order valence-electron chi connectivity index (χ4n) is 3.95.